The summed E-state index contributed by atoms with van der Waals surface area (Å²) in [6.45, 7) is 13.9. The number of carbonyl (C=O) groups is 1. The molecule has 0 aliphatic carbocycles. The first-order chi connectivity index (χ1) is 7.17. The van der Waals surface area contributed by atoms with Crippen LogP contribution in [0.1, 0.15) is 53.4 Å². The summed E-state index contributed by atoms with van der Waals surface area (Å²) in [6.07, 6.45) is 3.92. The SMILES string of the molecule is CC(=O)CCCCCO[Si](C)(C)C(C)(C)C. The van der Waals surface area contributed by atoms with Crippen molar-refractivity contribution in [3.63, 3.8) is 0 Å². The van der Waals surface area contributed by atoms with E-state index in [4.69, 9.17) is 4.43 Å². The predicted octanol–water partition coefficient (Wildman–Crippen LogP) is 4.16. The van der Waals surface area contributed by atoms with Crippen LogP contribution in [-0.4, -0.2) is 20.7 Å². The van der Waals surface area contributed by atoms with Gasteiger partial charge in [-0.15, -0.1) is 0 Å². The first-order valence-electron chi connectivity index (χ1n) is 6.30. The molecule has 96 valence electrons. The fourth-order valence-corrected chi connectivity index (χ4v) is 2.28. The smallest absolute Gasteiger partial charge is 0.191 e. The Kier molecular flexibility index (Phi) is 6.49. The average molecular weight is 244 g/mol. The standard InChI is InChI=1S/C13H28O2Si/c1-12(14)10-8-7-9-11-15-16(5,6)13(2,3)4/h7-11H2,1-6H3. The van der Waals surface area contributed by atoms with Gasteiger partial charge >= 0.3 is 0 Å². The number of Topliss-reactive ketones (excluding diaryl/α,β-unsaturated/α-hetero) is 1. The van der Waals surface area contributed by atoms with Crippen molar-refractivity contribution in [1.29, 1.82) is 0 Å². The van der Waals surface area contributed by atoms with Gasteiger partial charge in [-0.1, -0.05) is 27.2 Å². The van der Waals surface area contributed by atoms with Gasteiger partial charge in [0, 0.05) is 13.0 Å². The molecule has 0 rings (SSSR count). The maximum atomic E-state index is 10.7. The number of carbonyl (C=O) groups excluding carboxylic acids is 1. The molecular weight excluding hydrogens is 216 g/mol. The topological polar surface area (TPSA) is 26.3 Å². The van der Waals surface area contributed by atoms with E-state index in [1.807, 2.05) is 0 Å². The second kappa shape index (κ2) is 6.55. The molecule has 0 saturated heterocycles. The van der Waals surface area contributed by atoms with Crippen molar-refractivity contribution in [1.82, 2.24) is 0 Å². The van der Waals surface area contributed by atoms with Gasteiger partial charge in [0.25, 0.3) is 0 Å². The van der Waals surface area contributed by atoms with Crippen molar-refractivity contribution >= 4 is 14.1 Å². The van der Waals surface area contributed by atoms with Gasteiger partial charge in [0.1, 0.15) is 5.78 Å². The van der Waals surface area contributed by atoms with Gasteiger partial charge < -0.3 is 9.22 Å². The van der Waals surface area contributed by atoms with Crippen molar-refractivity contribution < 1.29 is 9.22 Å². The second-order valence-corrected chi connectivity index (χ2v) is 10.9. The van der Waals surface area contributed by atoms with Crippen LogP contribution >= 0.6 is 0 Å². The van der Waals surface area contributed by atoms with Crippen molar-refractivity contribution in [3.8, 4) is 0 Å². The third kappa shape index (κ3) is 6.43. The number of ketones is 1. The Bertz CT molecular complexity index is 216. The third-order valence-corrected chi connectivity index (χ3v) is 7.98. The molecule has 0 amide bonds. The molecule has 0 aliphatic rings. The lowest BCUT2D eigenvalue weighted by atomic mass is 10.1. The number of unbranched alkanes of at least 4 members (excludes halogenated alkanes) is 2. The molecule has 0 spiro atoms. The first-order valence-corrected chi connectivity index (χ1v) is 9.21. The molecule has 0 aromatic rings. The Labute approximate surface area is 102 Å². The molecule has 0 unspecified atom stereocenters. The Morgan fingerprint density at radius 3 is 2.12 bits per heavy atom. The van der Waals surface area contributed by atoms with Gasteiger partial charge in [0.2, 0.25) is 0 Å². The summed E-state index contributed by atoms with van der Waals surface area (Å²) in [4.78, 5) is 10.7. The Hall–Kier alpha value is -0.153. The summed E-state index contributed by atoms with van der Waals surface area (Å²) >= 11 is 0. The molecule has 0 aromatic heterocycles. The molecule has 0 aliphatic heterocycles. The van der Waals surface area contributed by atoms with Gasteiger partial charge in [-0.3, -0.25) is 0 Å². The lowest BCUT2D eigenvalue weighted by molar-refractivity contribution is -0.117. The van der Waals surface area contributed by atoms with Crippen LogP contribution in [0.15, 0.2) is 0 Å². The van der Waals surface area contributed by atoms with Crippen molar-refractivity contribution in [2.45, 2.75) is 71.5 Å². The molecule has 0 N–H and O–H groups in total. The Morgan fingerprint density at radius 2 is 1.69 bits per heavy atom. The minimum Gasteiger partial charge on any atom is -0.417 e. The van der Waals surface area contributed by atoms with Crippen molar-refractivity contribution in [2.24, 2.45) is 0 Å². The van der Waals surface area contributed by atoms with Crippen LogP contribution in [0, 0.1) is 0 Å². The maximum absolute atomic E-state index is 10.7. The zero-order chi connectivity index (χ0) is 12.8. The molecule has 0 atom stereocenters. The minimum atomic E-state index is -1.55. The van der Waals surface area contributed by atoms with E-state index < -0.39 is 8.32 Å². The average Bonchev–Trinajstić information content (AvgIpc) is 2.08. The summed E-state index contributed by atoms with van der Waals surface area (Å²) in [5.74, 6) is 0.297. The summed E-state index contributed by atoms with van der Waals surface area (Å²) in [7, 11) is -1.55. The molecular formula is C13H28O2Si. The number of hydrogen-bond acceptors (Lipinski definition) is 2. The lowest BCUT2D eigenvalue weighted by Gasteiger charge is -2.36. The van der Waals surface area contributed by atoms with Gasteiger partial charge in [-0.2, -0.15) is 0 Å². The number of rotatable bonds is 7. The van der Waals surface area contributed by atoms with E-state index in [9.17, 15) is 4.79 Å². The van der Waals surface area contributed by atoms with E-state index in [1.54, 1.807) is 6.92 Å². The van der Waals surface area contributed by atoms with Crippen molar-refractivity contribution in [2.75, 3.05) is 6.61 Å². The van der Waals surface area contributed by atoms with Gasteiger partial charge in [0.05, 0.1) is 0 Å². The highest BCUT2D eigenvalue weighted by molar-refractivity contribution is 6.74. The van der Waals surface area contributed by atoms with E-state index in [0.717, 1.165) is 32.3 Å². The van der Waals surface area contributed by atoms with E-state index >= 15 is 0 Å². The van der Waals surface area contributed by atoms with Gasteiger partial charge in [0.15, 0.2) is 8.32 Å². The summed E-state index contributed by atoms with van der Waals surface area (Å²) < 4.78 is 6.05. The monoisotopic (exact) mass is 244 g/mol. The molecule has 3 heteroatoms. The maximum Gasteiger partial charge on any atom is 0.191 e. The van der Waals surface area contributed by atoms with Crippen LogP contribution in [0.5, 0.6) is 0 Å². The summed E-state index contributed by atoms with van der Waals surface area (Å²) in [5.41, 5.74) is 0. The highest BCUT2D eigenvalue weighted by Gasteiger charge is 2.36. The molecule has 0 bridgehead atoms. The molecule has 16 heavy (non-hydrogen) atoms. The van der Waals surface area contributed by atoms with Gasteiger partial charge in [-0.25, -0.2) is 0 Å². The molecule has 0 fully saturated rings. The van der Waals surface area contributed by atoms with Crippen LogP contribution in [0.25, 0.3) is 0 Å². The molecule has 2 nitrogen and oxygen atoms in total. The van der Waals surface area contributed by atoms with E-state index in [2.05, 4.69) is 33.9 Å². The zero-order valence-corrected chi connectivity index (χ0v) is 12.9. The zero-order valence-electron chi connectivity index (χ0n) is 11.9. The van der Waals surface area contributed by atoms with Crippen LogP contribution in [0.3, 0.4) is 0 Å². The van der Waals surface area contributed by atoms with E-state index in [0.29, 0.717) is 10.8 Å². The fraction of sp³-hybridized carbons (Fsp3) is 0.923. The van der Waals surface area contributed by atoms with E-state index in [-0.39, 0.29) is 0 Å². The first kappa shape index (κ1) is 15.8. The molecule has 0 aromatic carbocycles. The molecule has 0 saturated carbocycles. The fourth-order valence-electron chi connectivity index (χ4n) is 1.20. The highest BCUT2D eigenvalue weighted by atomic mass is 28.4. The second-order valence-electron chi connectivity index (χ2n) is 6.12. The van der Waals surface area contributed by atoms with Gasteiger partial charge in [-0.05, 0) is 37.9 Å². The van der Waals surface area contributed by atoms with E-state index in [1.165, 1.54) is 0 Å². The molecule has 0 radical (unpaired) electrons. The third-order valence-electron chi connectivity index (χ3n) is 3.44. The largest absolute Gasteiger partial charge is 0.417 e. The highest BCUT2D eigenvalue weighted by Crippen LogP contribution is 2.36. The summed E-state index contributed by atoms with van der Waals surface area (Å²) in [5, 5.41) is 0.298. The normalized spacial score (nSPS) is 12.9. The van der Waals surface area contributed by atoms with Crippen LogP contribution in [0.4, 0.5) is 0 Å². The quantitative estimate of drug-likeness (QED) is 0.496. The number of hydrogen-bond donors (Lipinski definition) is 0. The predicted molar refractivity (Wildman–Crippen MR) is 72.3 cm³/mol. The summed E-state index contributed by atoms with van der Waals surface area (Å²) in [6, 6.07) is 0. The molecule has 0 heterocycles. The van der Waals surface area contributed by atoms with Crippen LogP contribution < -0.4 is 0 Å². The Balaban J connectivity index is 3.63. The van der Waals surface area contributed by atoms with Crippen LogP contribution in [-0.2, 0) is 9.22 Å². The van der Waals surface area contributed by atoms with Crippen molar-refractivity contribution in [3.05, 3.63) is 0 Å². The lowest BCUT2D eigenvalue weighted by Crippen LogP contribution is -2.40. The minimum absolute atomic E-state index is 0.297. The Morgan fingerprint density at radius 1 is 1.12 bits per heavy atom. The van der Waals surface area contributed by atoms with Crippen LogP contribution in [0.2, 0.25) is 18.1 Å².